The van der Waals surface area contributed by atoms with Crippen LogP contribution in [0, 0.1) is 18.8 Å². The van der Waals surface area contributed by atoms with Gasteiger partial charge >= 0.3 is 0 Å². The van der Waals surface area contributed by atoms with Crippen LogP contribution in [-0.2, 0) is 0 Å². The molecule has 0 radical (unpaired) electrons. The first-order chi connectivity index (χ1) is 8.90. The van der Waals surface area contributed by atoms with Gasteiger partial charge in [0.2, 0.25) is 0 Å². The first-order valence-electron chi connectivity index (χ1n) is 7.27. The summed E-state index contributed by atoms with van der Waals surface area (Å²) in [4.78, 5) is 7.00. The van der Waals surface area contributed by atoms with Crippen LogP contribution in [0.3, 0.4) is 0 Å². The minimum atomic E-state index is 0.734. The molecule has 1 aromatic rings. The van der Waals surface area contributed by atoms with Gasteiger partial charge < -0.3 is 4.90 Å². The average Bonchev–Trinajstić information content (AvgIpc) is 2.32. The van der Waals surface area contributed by atoms with E-state index in [9.17, 15) is 0 Å². The van der Waals surface area contributed by atoms with Gasteiger partial charge in [0.1, 0.15) is 5.82 Å². The van der Waals surface area contributed by atoms with Crippen molar-refractivity contribution in [2.24, 2.45) is 11.8 Å². The van der Waals surface area contributed by atoms with E-state index in [-0.39, 0.29) is 0 Å². The van der Waals surface area contributed by atoms with Gasteiger partial charge in [0.05, 0.1) is 0 Å². The van der Waals surface area contributed by atoms with Crippen molar-refractivity contribution >= 4 is 21.7 Å². The molecule has 0 aliphatic rings. The maximum absolute atomic E-state index is 4.57. The molecule has 108 valence electrons. The molecule has 0 atom stereocenters. The van der Waals surface area contributed by atoms with Crippen LogP contribution in [0.25, 0.3) is 0 Å². The number of nitrogens with zero attached hydrogens (tertiary/aromatic N) is 2. The fourth-order valence-electron chi connectivity index (χ4n) is 1.87. The van der Waals surface area contributed by atoms with E-state index in [1.54, 1.807) is 0 Å². The van der Waals surface area contributed by atoms with E-state index in [2.05, 4.69) is 66.5 Å². The molecule has 0 saturated carbocycles. The molecule has 1 heterocycles. The third kappa shape index (κ3) is 5.94. The maximum Gasteiger partial charge on any atom is 0.128 e. The molecule has 0 aliphatic carbocycles. The Morgan fingerprint density at radius 1 is 1.11 bits per heavy atom. The molecule has 0 saturated heterocycles. The summed E-state index contributed by atoms with van der Waals surface area (Å²) in [5, 5.41) is 0. The number of hydrogen-bond acceptors (Lipinski definition) is 2. The van der Waals surface area contributed by atoms with Gasteiger partial charge in [-0.15, -0.1) is 0 Å². The van der Waals surface area contributed by atoms with E-state index < -0.39 is 0 Å². The lowest BCUT2D eigenvalue weighted by molar-refractivity contribution is 0.533. The number of pyridine rings is 1. The number of rotatable bonds is 7. The van der Waals surface area contributed by atoms with Crippen LogP contribution in [0.5, 0.6) is 0 Å². The van der Waals surface area contributed by atoms with Crippen molar-refractivity contribution in [2.45, 2.75) is 47.5 Å². The summed E-state index contributed by atoms with van der Waals surface area (Å²) in [5.74, 6) is 2.58. The van der Waals surface area contributed by atoms with Crippen molar-refractivity contribution in [3.8, 4) is 0 Å². The Hall–Kier alpha value is -0.570. The minimum Gasteiger partial charge on any atom is -0.357 e. The van der Waals surface area contributed by atoms with Crippen LogP contribution in [-0.4, -0.2) is 18.1 Å². The third-order valence-electron chi connectivity index (χ3n) is 3.31. The Bertz CT molecular complexity index is 376. The molecular weight excluding hydrogens is 300 g/mol. The standard InChI is InChI=1S/C16H27BrN2/c1-12(2)6-8-19(9-7-13(3)4)16-10-14(5)15(17)11-18-16/h10-13H,6-9H2,1-5H3. The summed E-state index contributed by atoms with van der Waals surface area (Å²) in [6, 6.07) is 2.19. The molecule has 19 heavy (non-hydrogen) atoms. The highest BCUT2D eigenvalue weighted by atomic mass is 79.9. The van der Waals surface area contributed by atoms with Gasteiger partial charge in [0, 0.05) is 23.8 Å². The fourth-order valence-corrected chi connectivity index (χ4v) is 2.08. The summed E-state index contributed by atoms with van der Waals surface area (Å²) < 4.78 is 1.09. The molecule has 0 amide bonds. The minimum absolute atomic E-state index is 0.734. The third-order valence-corrected chi connectivity index (χ3v) is 4.14. The van der Waals surface area contributed by atoms with Crippen LogP contribution in [0.4, 0.5) is 5.82 Å². The van der Waals surface area contributed by atoms with Gasteiger partial charge in [-0.05, 0) is 59.2 Å². The molecule has 1 rings (SSSR count). The van der Waals surface area contributed by atoms with Crippen LogP contribution in [0.1, 0.15) is 46.1 Å². The second kappa shape index (κ2) is 7.88. The Kier molecular flexibility index (Phi) is 6.84. The predicted molar refractivity (Wildman–Crippen MR) is 87.8 cm³/mol. The maximum atomic E-state index is 4.57. The summed E-state index contributed by atoms with van der Waals surface area (Å²) in [6.45, 7) is 13.4. The van der Waals surface area contributed by atoms with E-state index in [1.165, 1.54) is 18.4 Å². The second-order valence-corrected chi connectivity index (χ2v) is 7.00. The largest absolute Gasteiger partial charge is 0.357 e. The molecule has 0 aromatic carbocycles. The molecule has 0 bridgehead atoms. The lowest BCUT2D eigenvalue weighted by Gasteiger charge is -2.26. The smallest absolute Gasteiger partial charge is 0.128 e. The van der Waals surface area contributed by atoms with Gasteiger partial charge in [-0.1, -0.05) is 27.7 Å². The number of aryl methyl sites for hydroxylation is 1. The van der Waals surface area contributed by atoms with Crippen molar-refractivity contribution in [3.05, 3.63) is 22.3 Å². The van der Waals surface area contributed by atoms with Gasteiger partial charge in [-0.2, -0.15) is 0 Å². The lowest BCUT2D eigenvalue weighted by atomic mass is 10.1. The molecule has 0 aliphatic heterocycles. The van der Waals surface area contributed by atoms with E-state index >= 15 is 0 Å². The predicted octanol–water partition coefficient (Wildman–Crippen LogP) is 5.05. The highest BCUT2D eigenvalue weighted by Crippen LogP contribution is 2.21. The first-order valence-corrected chi connectivity index (χ1v) is 8.06. The summed E-state index contributed by atoms with van der Waals surface area (Å²) in [5.41, 5.74) is 1.25. The van der Waals surface area contributed by atoms with Crippen molar-refractivity contribution in [1.29, 1.82) is 0 Å². The topological polar surface area (TPSA) is 16.1 Å². The quantitative estimate of drug-likeness (QED) is 0.696. The zero-order valence-corrected chi connectivity index (χ0v) is 14.5. The summed E-state index contributed by atoms with van der Waals surface area (Å²) >= 11 is 3.52. The Labute approximate surface area is 126 Å². The molecular formula is C16H27BrN2. The van der Waals surface area contributed by atoms with E-state index in [4.69, 9.17) is 0 Å². The molecule has 3 heteroatoms. The zero-order chi connectivity index (χ0) is 14.4. The van der Waals surface area contributed by atoms with E-state index in [0.717, 1.165) is 35.2 Å². The van der Waals surface area contributed by atoms with Crippen molar-refractivity contribution < 1.29 is 0 Å². The highest BCUT2D eigenvalue weighted by molar-refractivity contribution is 9.10. The normalized spacial score (nSPS) is 11.4. The van der Waals surface area contributed by atoms with Gasteiger partial charge in [0.25, 0.3) is 0 Å². The SMILES string of the molecule is Cc1cc(N(CCC(C)C)CCC(C)C)ncc1Br. The highest BCUT2D eigenvalue weighted by Gasteiger charge is 2.10. The number of aromatic nitrogens is 1. The number of anilines is 1. The van der Waals surface area contributed by atoms with Gasteiger partial charge in [-0.25, -0.2) is 4.98 Å². The van der Waals surface area contributed by atoms with E-state index in [1.807, 2.05) is 6.20 Å². The molecule has 0 N–H and O–H groups in total. The number of hydrogen-bond donors (Lipinski definition) is 0. The monoisotopic (exact) mass is 326 g/mol. The first kappa shape index (κ1) is 16.5. The van der Waals surface area contributed by atoms with Gasteiger partial charge in [0.15, 0.2) is 0 Å². The molecule has 0 fully saturated rings. The number of halogens is 1. The van der Waals surface area contributed by atoms with Crippen LogP contribution >= 0.6 is 15.9 Å². The van der Waals surface area contributed by atoms with Crippen LogP contribution in [0.2, 0.25) is 0 Å². The summed E-state index contributed by atoms with van der Waals surface area (Å²) in [6.07, 6.45) is 4.35. The van der Waals surface area contributed by atoms with Crippen LogP contribution < -0.4 is 4.90 Å². The van der Waals surface area contributed by atoms with Crippen LogP contribution in [0.15, 0.2) is 16.7 Å². The Morgan fingerprint density at radius 2 is 1.63 bits per heavy atom. The lowest BCUT2D eigenvalue weighted by Crippen LogP contribution is -2.28. The Balaban J connectivity index is 2.78. The van der Waals surface area contributed by atoms with E-state index in [0.29, 0.717) is 0 Å². The summed E-state index contributed by atoms with van der Waals surface area (Å²) in [7, 11) is 0. The van der Waals surface area contributed by atoms with Crippen molar-refractivity contribution in [3.63, 3.8) is 0 Å². The van der Waals surface area contributed by atoms with Crippen molar-refractivity contribution in [1.82, 2.24) is 4.98 Å². The fraction of sp³-hybridized carbons (Fsp3) is 0.688. The molecule has 1 aromatic heterocycles. The molecule has 0 spiro atoms. The molecule has 2 nitrogen and oxygen atoms in total. The zero-order valence-electron chi connectivity index (χ0n) is 12.9. The van der Waals surface area contributed by atoms with Gasteiger partial charge in [-0.3, -0.25) is 0 Å². The Morgan fingerprint density at radius 3 is 2.05 bits per heavy atom. The molecule has 0 unspecified atom stereocenters. The second-order valence-electron chi connectivity index (χ2n) is 6.14. The average molecular weight is 327 g/mol. The van der Waals surface area contributed by atoms with Crippen molar-refractivity contribution in [2.75, 3.05) is 18.0 Å².